The summed E-state index contributed by atoms with van der Waals surface area (Å²) in [5, 5.41) is 0.435. The van der Waals surface area contributed by atoms with Crippen molar-refractivity contribution < 1.29 is 9.53 Å². The normalized spacial score (nSPS) is 10.6. The van der Waals surface area contributed by atoms with E-state index < -0.39 is 5.97 Å². The first-order chi connectivity index (χ1) is 7.65. The fraction of sp³-hybridized carbons (Fsp3) is 0.200. The number of nitrogens with two attached hydrogens (primary N) is 1. The first-order valence-corrected chi connectivity index (χ1v) is 5.12. The van der Waals surface area contributed by atoms with E-state index in [1.54, 1.807) is 29.7 Å². The number of halogens is 1. The van der Waals surface area contributed by atoms with Crippen molar-refractivity contribution in [1.82, 2.24) is 9.38 Å². The van der Waals surface area contributed by atoms with Gasteiger partial charge in [0.15, 0.2) is 11.3 Å². The van der Waals surface area contributed by atoms with Crippen molar-refractivity contribution >= 4 is 29.0 Å². The first kappa shape index (κ1) is 10.8. The topological polar surface area (TPSA) is 69.6 Å². The van der Waals surface area contributed by atoms with Crippen LogP contribution in [0, 0.1) is 0 Å². The summed E-state index contributed by atoms with van der Waals surface area (Å²) >= 11 is 5.93. The van der Waals surface area contributed by atoms with Crippen molar-refractivity contribution in [1.29, 1.82) is 0 Å². The van der Waals surface area contributed by atoms with Gasteiger partial charge in [-0.25, -0.2) is 9.78 Å². The third-order valence-electron chi connectivity index (χ3n) is 2.11. The molecule has 0 radical (unpaired) electrons. The van der Waals surface area contributed by atoms with Crippen LogP contribution in [-0.4, -0.2) is 22.0 Å². The Morgan fingerprint density at radius 1 is 1.69 bits per heavy atom. The van der Waals surface area contributed by atoms with Gasteiger partial charge in [0, 0.05) is 6.20 Å². The van der Waals surface area contributed by atoms with Crippen molar-refractivity contribution in [3.63, 3.8) is 0 Å². The minimum Gasteiger partial charge on any atom is -0.461 e. The first-order valence-electron chi connectivity index (χ1n) is 4.74. The van der Waals surface area contributed by atoms with Crippen molar-refractivity contribution in [2.75, 3.05) is 12.3 Å². The highest BCUT2D eigenvalue weighted by atomic mass is 35.5. The lowest BCUT2D eigenvalue weighted by Gasteiger charge is -1.98. The van der Waals surface area contributed by atoms with Gasteiger partial charge < -0.3 is 10.5 Å². The van der Waals surface area contributed by atoms with Gasteiger partial charge in [0.25, 0.3) is 0 Å². The highest BCUT2D eigenvalue weighted by molar-refractivity contribution is 6.33. The second kappa shape index (κ2) is 4.02. The van der Waals surface area contributed by atoms with Crippen LogP contribution in [-0.2, 0) is 4.74 Å². The van der Waals surface area contributed by atoms with E-state index in [4.69, 9.17) is 22.1 Å². The minimum absolute atomic E-state index is 0.0925. The van der Waals surface area contributed by atoms with Gasteiger partial charge in [0.2, 0.25) is 0 Å². The summed E-state index contributed by atoms with van der Waals surface area (Å²) in [5.41, 5.74) is 6.32. The molecule has 0 aliphatic carbocycles. The van der Waals surface area contributed by atoms with Crippen LogP contribution in [0.25, 0.3) is 5.65 Å². The zero-order valence-electron chi connectivity index (χ0n) is 8.61. The van der Waals surface area contributed by atoms with Gasteiger partial charge in [-0.15, -0.1) is 0 Å². The van der Waals surface area contributed by atoms with E-state index in [1.165, 1.54) is 0 Å². The molecular formula is C10H10ClN3O2. The Morgan fingerprint density at radius 3 is 3.06 bits per heavy atom. The number of hydrogen-bond acceptors (Lipinski definition) is 4. The molecule has 0 saturated carbocycles. The second-order valence-electron chi connectivity index (χ2n) is 3.12. The molecule has 0 aromatic carbocycles. The van der Waals surface area contributed by atoms with Gasteiger partial charge in [-0.05, 0) is 19.1 Å². The SMILES string of the molecule is CCOC(=O)c1nc2c(Cl)cccn2c1N. The smallest absolute Gasteiger partial charge is 0.360 e. The molecule has 0 saturated heterocycles. The van der Waals surface area contributed by atoms with E-state index >= 15 is 0 Å². The van der Waals surface area contributed by atoms with Crippen molar-refractivity contribution in [3.8, 4) is 0 Å². The Balaban J connectivity index is 2.60. The number of hydrogen-bond donors (Lipinski definition) is 1. The predicted octanol–water partition coefficient (Wildman–Crippen LogP) is 1.75. The predicted molar refractivity (Wildman–Crippen MR) is 60.6 cm³/mol. The maximum absolute atomic E-state index is 11.5. The molecule has 0 atom stereocenters. The molecule has 6 heteroatoms. The number of aromatic nitrogens is 2. The molecule has 0 aliphatic rings. The summed E-state index contributed by atoms with van der Waals surface area (Å²) in [6, 6.07) is 3.40. The molecule has 2 N–H and O–H groups in total. The molecule has 2 aromatic rings. The van der Waals surface area contributed by atoms with E-state index in [1.807, 2.05) is 0 Å². The Hall–Kier alpha value is -1.75. The van der Waals surface area contributed by atoms with E-state index in [-0.39, 0.29) is 18.1 Å². The number of nitrogens with zero attached hydrogens (tertiary/aromatic N) is 2. The molecule has 0 bridgehead atoms. The molecular weight excluding hydrogens is 230 g/mol. The van der Waals surface area contributed by atoms with Gasteiger partial charge in [0.1, 0.15) is 5.82 Å². The molecule has 2 rings (SSSR count). The van der Waals surface area contributed by atoms with Crippen LogP contribution in [0.4, 0.5) is 5.82 Å². The number of imidazole rings is 1. The van der Waals surface area contributed by atoms with E-state index in [9.17, 15) is 4.79 Å². The molecule has 0 amide bonds. The molecule has 0 fully saturated rings. The third kappa shape index (κ3) is 1.59. The number of pyridine rings is 1. The largest absolute Gasteiger partial charge is 0.461 e. The van der Waals surface area contributed by atoms with Crippen LogP contribution in [0.5, 0.6) is 0 Å². The van der Waals surface area contributed by atoms with Gasteiger partial charge in [-0.2, -0.15) is 0 Å². The highest BCUT2D eigenvalue weighted by Crippen LogP contribution is 2.21. The van der Waals surface area contributed by atoms with Gasteiger partial charge >= 0.3 is 5.97 Å². The Kier molecular flexibility index (Phi) is 2.70. The molecule has 5 nitrogen and oxygen atoms in total. The van der Waals surface area contributed by atoms with Gasteiger partial charge in [-0.3, -0.25) is 4.40 Å². The van der Waals surface area contributed by atoms with Crippen molar-refractivity contribution in [3.05, 3.63) is 29.0 Å². The lowest BCUT2D eigenvalue weighted by atomic mass is 10.4. The lowest BCUT2D eigenvalue weighted by Crippen LogP contribution is -2.08. The van der Waals surface area contributed by atoms with Crippen molar-refractivity contribution in [2.24, 2.45) is 0 Å². The van der Waals surface area contributed by atoms with Crippen LogP contribution in [0.1, 0.15) is 17.4 Å². The summed E-state index contributed by atoms with van der Waals surface area (Å²) in [7, 11) is 0. The van der Waals surface area contributed by atoms with Gasteiger partial charge in [0.05, 0.1) is 11.6 Å². The molecule has 0 spiro atoms. The Bertz CT molecular complexity index is 550. The van der Waals surface area contributed by atoms with Crippen LogP contribution in [0.15, 0.2) is 18.3 Å². The average molecular weight is 240 g/mol. The monoisotopic (exact) mass is 239 g/mol. The second-order valence-corrected chi connectivity index (χ2v) is 3.52. The average Bonchev–Trinajstić information content (AvgIpc) is 2.59. The number of carbonyl (C=O) groups excluding carboxylic acids is 1. The summed E-state index contributed by atoms with van der Waals surface area (Å²) in [6.07, 6.45) is 1.69. The van der Waals surface area contributed by atoms with Crippen LogP contribution in [0.2, 0.25) is 5.02 Å². The lowest BCUT2D eigenvalue weighted by molar-refractivity contribution is 0.0521. The Labute approximate surface area is 96.8 Å². The summed E-state index contributed by atoms with van der Waals surface area (Å²) in [4.78, 5) is 15.6. The van der Waals surface area contributed by atoms with E-state index in [0.29, 0.717) is 10.7 Å². The molecule has 16 heavy (non-hydrogen) atoms. The molecule has 84 valence electrons. The summed E-state index contributed by atoms with van der Waals surface area (Å²) < 4.78 is 6.39. The highest BCUT2D eigenvalue weighted by Gasteiger charge is 2.18. The molecule has 2 aromatic heterocycles. The van der Waals surface area contributed by atoms with E-state index in [2.05, 4.69) is 4.98 Å². The number of nitrogen functional groups attached to an aromatic ring is 1. The Morgan fingerprint density at radius 2 is 2.44 bits per heavy atom. The number of ether oxygens (including phenoxy) is 1. The fourth-order valence-corrected chi connectivity index (χ4v) is 1.61. The molecule has 2 heterocycles. The van der Waals surface area contributed by atoms with Crippen LogP contribution >= 0.6 is 11.6 Å². The van der Waals surface area contributed by atoms with Crippen molar-refractivity contribution in [2.45, 2.75) is 6.92 Å². The zero-order chi connectivity index (χ0) is 11.7. The summed E-state index contributed by atoms with van der Waals surface area (Å²) in [5.74, 6) is -0.310. The number of carbonyl (C=O) groups is 1. The molecule has 0 unspecified atom stereocenters. The number of fused-ring (bicyclic) bond motifs is 1. The van der Waals surface area contributed by atoms with E-state index in [0.717, 1.165) is 0 Å². The minimum atomic E-state index is -0.542. The summed E-state index contributed by atoms with van der Waals surface area (Å²) in [6.45, 7) is 2.00. The maximum Gasteiger partial charge on any atom is 0.360 e. The zero-order valence-corrected chi connectivity index (χ0v) is 9.36. The van der Waals surface area contributed by atoms with Crippen LogP contribution < -0.4 is 5.73 Å². The van der Waals surface area contributed by atoms with Crippen LogP contribution in [0.3, 0.4) is 0 Å². The quantitative estimate of drug-likeness (QED) is 0.811. The fourth-order valence-electron chi connectivity index (χ4n) is 1.40. The standard InChI is InChI=1S/C10H10ClN3O2/c1-2-16-10(15)7-8(12)14-5-3-4-6(11)9(14)13-7/h3-5H,2,12H2,1H3. The third-order valence-corrected chi connectivity index (χ3v) is 2.40. The number of esters is 1. The molecule has 0 aliphatic heterocycles. The van der Waals surface area contributed by atoms with Gasteiger partial charge in [-0.1, -0.05) is 11.6 Å². The number of anilines is 1. The maximum atomic E-state index is 11.5. The number of rotatable bonds is 2.